The van der Waals surface area contributed by atoms with Crippen molar-refractivity contribution in [3.63, 3.8) is 0 Å². The molecule has 62 valence electrons. The Hall–Kier alpha value is -0.425. The molecule has 1 heterocycles. The third-order valence-corrected chi connectivity index (χ3v) is 2.00. The maximum absolute atomic E-state index is 8.48. The highest BCUT2D eigenvalue weighted by atomic mass is 35.6. The summed E-state index contributed by atoms with van der Waals surface area (Å²) in [6.45, 7) is 0. The third-order valence-electron chi connectivity index (χ3n) is 1.32. The van der Waals surface area contributed by atoms with Crippen LogP contribution >= 0.6 is 34.4 Å². The summed E-state index contributed by atoms with van der Waals surface area (Å²) in [7, 11) is 0. The smallest absolute Gasteiger partial charge is 0.385 e. The molecule has 0 aromatic carbocycles. The van der Waals surface area contributed by atoms with Crippen LogP contribution in [0.2, 0.25) is 0 Å². The van der Waals surface area contributed by atoms with Crippen molar-refractivity contribution in [1.29, 1.82) is 5.26 Å². The average molecular weight is 221 g/mol. The Balaban J connectivity index is 3.02. The van der Waals surface area contributed by atoms with Gasteiger partial charge in [0.1, 0.15) is 12.4 Å². The maximum Gasteiger partial charge on any atom is 0.533 e. The summed E-state index contributed by atoms with van der Waals surface area (Å²) in [6, 6.07) is 5.14. The SMILES string of the molecule is N#Cc1cc[n+]([B-](Cl)(Cl)Cl)cc1. The lowest BCUT2D eigenvalue weighted by Gasteiger charge is -2.12. The van der Waals surface area contributed by atoms with Gasteiger partial charge in [0.25, 0.3) is 0 Å². The summed E-state index contributed by atoms with van der Waals surface area (Å²) < 4.78 is -0.665. The zero-order valence-electron chi connectivity index (χ0n) is 5.92. The van der Waals surface area contributed by atoms with Crippen molar-refractivity contribution in [3.8, 4) is 6.07 Å². The summed E-state index contributed by atoms with van der Waals surface area (Å²) in [4.78, 5) is 0. The Morgan fingerprint density at radius 2 is 1.75 bits per heavy atom. The van der Waals surface area contributed by atoms with Crippen LogP contribution in [0.4, 0.5) is 0 Å². The van der Waals surface area contributed by atoms with Gasteiger partial charge < -0.3 is 4.48 Å². The first-order valence-electron chi connectivity index (χ1n) is 3.15. The van der Waals surface area contributed by atoms with Crippen LogP contribution in [0.25, 0.3) is 0 Å². The van der Waals surface area contributed by atoms with Gasteiger partial charge in [0.2, 0.25) is 0 Å². The first kappa shape index (κ1) is 9.66. The predicted molar refractivity (Wildman–Crippen MR) is 50.1 cm³/mol. The fraction of sp³-hybridized carbons (Fsp3) is 0. The molecule has 0 atom stereocenters. The number of halogens is 3. The predicted octanol–water partition coefficient (Wildman–Crippen LogP) is 1.85. The zero-order chi connectivity index (χ0) is 9.19. The van der Waals surface area contributed by atoms with E-state index < -0.39 is 4.53 Å². The molecule has 0 unspecified atom stereocenters. The minimum absolute atomic E-state index is 0.538. The van der Waals surface area contributed by atoms with E-state index in [1.165, 1.54) is 4.48 Å². The highest BCUT2D eigenvalue weighted by Crippen LogP contribution is 2.14. The Morgan fingerprint density at radius 1 is 1.25 bits per heavy atom. The molecule has 0 radical (unpaired) electrons. The zero-order valence-corrected chi connectivity index (χ0v) is 8.18. The molecule has 1 aromatic rings. The van der Waals surface area contributed by atoms with Gasteiger partial charge in [-0.25, -0.2) is 0 Å². The Morgan fingerprint density at radius 3 is 2.08 bits per heavy atom. The summed E-state index contributed by atoms with van der Waals surface area (Å²) in [5.41, 5.74) is 0.538. The highest BCUT2D eigenvalue weighted by Gasteiger charge is 2.26. The number of nitrogens with zero attached hydrogens (tertiary/aromatic N) is 2. The first-order valence-corrected chi connectivity index (χ1v) is 4.46. The molecule has 0 aliphatic heterocycles. The molecule has 2 nitrogen and oxygen atoms in total. The van der Waals surface area contributed by atoms with E-state index in [0.29, 0.717) is 5.56 Å². The molecule has 1 rings (SSSR count). The van der Waals surface area contributed by atoms with Crippen LogP contribution in [0.15, 0.2) is 24.5 Å². The van der Waals surface area contributed by atoms with E-state index in [4.69, 9.17) is 39.6 Å². The molecule has 0 saturated carbocycles. The molecule has 12 heavy (non-hydrogen) atoms. The minimum atomic E-state index is -2.10. The molecular formula is C6H4BCl3N2. The molecule has 0 amide bonds. The van der Waals surface area contributed by atoms with Crippen LogP contribution in [0, 0.1) is 11.3 Å². The van der Waals surface area contributed by atoms with Crippen LogP contribution in [-0.2, 0) is 0 Å². The molecule has 0 fully saturated rings. The van der Waals surface area contributed by atoms with E-state index in [1.807, 2.05) is 6.07 Å². The second-order valence-corrected chi connectivity index (χ2v) is 4.75. The van der Waals surface area contributed by atoms with E-state index in [1.54, 1.807) is 24.5 Å². The van der Waals surface area contributed by atoms with Crippen molar-refractivity contribution < 1.29 is 4.48 Å². The van der Waals surface area contributed by atoms with Crippen molar-refractivity contribution >= 4 is 38.9 Å². The van der Waals surface area contributed by atoms with Gasteiger partial charge in [-0.05, 0) is 0 Å². The fourth-order valence-electron chi connectivity index (χ4n) is 0.708. The van der Waals surface area contributed by atoms with Gasteiger partial charge >= 0.3 is 4.53 Å². The van der Waals surface area contributed by atoms with E-state index in [0.717, 1.165) is 0 Å². The summed E-state index contributed by atoms with van der Waals surface area (Å²) >= 11 is 16.9. The molecule has 0 N–H and O–H groups in total. The number of hydrogen-bond acceptors (Lipinski definition) is 1. The first-order chi connectivity index (χ1) is 5.54. The van der Waals surface area contributed by atoms with Crippen LogP contribution in [0.1, 0.15) is 5.56 Å². The fourth-order valence-corrected chi connectivity index (χ4v) is 1.10. The van der Waals surface area contributed by atoms with Crippen LogP contribution < -0.4 is 4.48 Å². The summed E-state index contributed by atoms with van der Waals surface area (Å²) in [6.07, 6.45) is 3.12. The largest absolute Gasteiger partial charge is 0.533 e. The summed E-state index contributed by atoms with van der Waals surface area (Å²) in [5.74, 6) is 0. The molecule has 1 aromatic heterocycles. The van der Waals surface area contributed by atoms with Crippen molar-refractivity contribution in [2.75, 3.05) is 0 Å². The van der Waals surface area contributed by atoms with E-state index in [2.05, 4.69) is 0 Å². The maximum atomic E-state index is 8.48. The van der Waals surface area contributed by atoms with E-state index >= 15 is 0 Å². The normalized spacial score (nSPS) is 10.8. The lowest BCUT2D eigenvalue weighted by molar-refractivity contribution is -0.532. The van der Waals surface area contributed by atoms with Crippen molar-refractivity contribution in [2.45, 2.75) is 0 Å². The van der Waals surface area contributed by atoms with Crippen molar-refractivity contribution in [2.24, 2.45) is 0 Å². The van der Waals surface area contributed by atoms with Gasteiger partial charge in [0.15, 0.2) is 0 Å². The Kier molecular flexibility index (Phi) is 2.84. The number of pyridine rings is 1. The standard InChI is InChI=1S/C6H4BCl3N2/c8-7(9,10)12-3-1-6(5-11)2-4-12/h1-4H. The molecule has 0 bridgehead atoms. The monoisotopic (exact) mass is 220 g/mol. The van der Waals surface area contributed by atoms with E-state index in [-0.39, 0.29) is 0 Å². The molecular weight excluding hydrogens is 217 g/mol. The second kappa shape index (κ2) is 3.53. The number of nitriles is 1. The average Bonchev–Trinajstić information content (AvgIpc) is 2.03. The van der Waals surface area contributed by atoms with Crippen LogP contribution in [-0.4, -0.2) is 4.53 Å². The lowest BCUT2D eigenvalue weighted by Crippen LogP contribution is -2.52. The topological polar surface area (TPSA) is 27.7 Å². The molecule has 0 spiro atoms. The number of aromatic nitrogens is 1. The van der Waals surface area contributed by atoms with Gasteiger partial charge in [0.05, 0.1) is 11.6 Å². The highest BCUT2D eigenvalue weighted by molar-refractivity contribution is 7.61. The molecule has 0 saturated heterocycles. The summed E-state index contributed by atoms with van der Waals surface area (Å²) in [5, 5.41) is 8.48. The molecule has 6 heteroatoms. The van der Waals surface area contributed by atoms with Gasteiger partial charge in [-0.2, -0.15) is 5.26 Å². The molecule has 0 aliphatic carbocycles. The van der Waals surface area contributed by atoms with Crippen molar-refractivity contribution in [1.82, 2.24) is 0 Å². The van der Waals surface area contributed by atoms with Crippen LogP contribution in [0.3, 0.4) is 0 Å². The van der Waals surface area contributed by atoms with Gasteiger partial charge in [-0.15, -0.1) is 0 Å². The molecule has 0 aliphatic rings. The van der Waals surface area contributed by atoms with E-state index in [9.17, 15) is 0 Å². The second-order valence-electron chi connectivity index (χ2n) is 2.19. The third kappa shape index (κ3) is 2.28. The number of rotatable bonds is 1. The van der Waals surface area contributed by atoms with Gasteiger partial charge in [-0.3, -0.25) is 34.4 Å². The minimum Gasteiger partial charge on any atom is -0.385 e. The van der Waals surface area contributed by atoms with Gasteiger partial charge in [-0.1, -0.05) is 0 Å². The van der Waals surface area contributed by atoms with Crippen LogP contribution in [0.5, 0.6) is 0 Å². The van der Waals surface area contributed by atoms with Crippen molar-refractivity contribution in [3.05, 3.63) is 30.1 Å². The quantitative estimate of drug-likeness (QED) is 0.665. The van der Waals surface area contributed by atoms with Gasteiger partial charge in [0, 0.05) is 12.1 Å². The Labute approximate surface area is 85.0 Å². The number of hydrogen-bond donors (Lipinski definition) is 0. The lowest BCUT2D eigenvalue weighted by atomic mass is 10.2. The Bertz CT molecular complexity index is 311.